The van der Waals surface area contributed by atoms with Crippen LogP contribution in [-0.4, -0.2) is 6.61 Å². The fraction of sp³-hybridized carbons (Fsp3) is 0.520. The van der Waals surface area contributed by atoms with Crippen LogP contribution in [0, 0.1) is 17.6 Å². The van der Waals surface area contributed by atoms with Gasteiger partial charge in [0.2, 0.25) is 0 Å². The Kier molecular flexibility index (Phi) is 8.54. The van der Waals surface area contributed by atoms with E-state index in [1.165, 1.54) is 37.8 Å². The predicted molar refractivity (Wildman–Crippen MR) is 113 cm³/mol. The van der Waals surface area contributed by atoms with Crippen molar-refractivity contribution < 1.29 is 35.8 Å². The zero-order chi connectivity index (χ0) is 24.0. The molecule has 1 fully saturated rings. The number of ether oxygens (including phenoxy) is 2. The third-order valence-electron chi connectivity index (χ3n) is 6.21. The summed E-state index contributed by atoms with van der Waals surface area (Å²) in [7, 11) is 0. The van der Waals surface area contributed by atoms with E-state index in [0.717, 1.165) is 37.2 Å². The first-order chi connectivity index (χ1) is 15.7. The van der Waals surface area contributed by atoms with Crippen LogP contribution in [0.15, 0.2) is 36.4 Å². The molecule has 1 saturated carbocycles. The zero-order valence-electron chi connectivity index (χ0n) is 18.4. The van der Waals surface area contributed by atoms with Crippen molar-refractivity contribution in [2.45, 2.75) is 76.9 Å². The number of unbranched alkanes of at least 4 members (excludes halogenated alkanes) is 2. The Balaban J connectivity index is 1.62. The number of benzene rings is 2. The van der Waals surface area contributed by atoms with Crippen molar-refractivity contribution in [3.8, 4) is 11.5 Å². The van der Waals surface area contributed by atoms with Crippen LogP contribution in [0.1, 0.15) is 75.3 Å². The predicted octanol–water partition coefficient (Wildman–Crippen LogP) is 8.55. The molecule has 8 heteroatoms. The van der Waals surface area contributed by atoms with Crippen LogP contribution in [0.5, 0.6) is 11.5 Å². The lowest BCUT2D eigenvalue weighted by molar-refractivity contribution is -0.185. The Morgan fingerprint density at radius 1 is 0.939 bits per heavy atom. The lowest BCUT2D eigenvalue weighted by atomic mass is 9.77. The minimum Gasteiger partial charge on any atom is -0.429 e. The molecular formula is C25H28F6O2. The van der Waals surface area contributed by atoms with E-state index in [0.29, 0.717) is 18.1 Å². The highest BCUT2D eigenvalue weighted by Gasteiger charge is 2.35. The summed E-state index contributed by atoms with van der Waals surface area (Å²) in [5.74, 6) is -4.28. The first kappa shape index (κ1) is 25.2. The monoisotopic (exact) mass is 474 g/mol. The van der Waals surface area contributed by atoms with Crippen LogP contribution >= 0.6 is 0 Å². The Bertz CT molecular complexity index is 869. The van der Waals surface area contributed by atoms with Crippen LogP contribution in [0.2, 0.25) is 0 Å². The molecule has 0 N–H and O–H groups in total. The molecule has 0 unspecified atom stereocenters. The van der Waals surface area contributed by atoms with E-state index in [4.69, 9.17) is 0 Å². The quantitative estimate of drug-likeness (QED) is 0.254. The highest BCUT2D eigenvalue weighted by atomic mass is 19.3. The maximum atomic E-state index is 14.6. The molecule has 3 rings (SSSR count). The first-order valence-electron chi connectivity index (χ1n) is 11.3. The van der Waals surface area contributed by atoms with Crippen molar-refractivity contribution in [2.24, 2.45) is 5.92 Å². The molecular weight excluding hydrogens is 446 g/mol. The normalized spacial score (nSPS) is 19.0. The molecule has 0 heterocycles. The molecule has 0 amide bonds. The van der Waals surface area contributed by atoms with E-state index in [-0.39, 0.29) is 0 Å². The lowest BCUT2D eigenvalue weighted by Crippen LogP contribution is -2.22. The van der Waals surface area contributed by atoms with Gasteiger partial charge in [0.1, 0.15) is 5.75 Å². The molecule has 0 radical (unpaired) electrons. The lowest BCUT2D eigenvalue weighted by Gasteiger charge is -2.29. The van der Waals surface area contributed by atoms with Gasteiger partial charge in [0.15, 0.2) is 17.4 Å². The Hall–Kier alpha value is -2.38. The zero-order valence-corrected chi connectivity index (χ0v) is 18.4. The van der Waals surface area contributed by atoms with E-state index in [1.807, 2.05) is 0 Å². The van der Waals surface area contributed by atoms with Crippen molar-refractivity contribution in [2.75, 3.05) is 0 Å². The molecule has 0 saturated heterocycles. The fourth-order valence-corrected chi connectivity index (χ4v) is 4.42. The summed E-state index contributed by atoms with van der Waals surface area (Å²) in [6, 6.07) is 6.50. The summed E-state index contributed by atoms with van der Waals surface area (Å²) in [5.41, 5.74) is 0.500. The van der Waals surface area contributed by atoms with Crippen LogP contribution < -0.4 is 9.47 Å². The van der Waals surface area contributed by atoms with E-state index in [1.54, 1.807) is 12.1 Å². The topological polar surface area (TPSA) is 18.5 Å². The second kappa shape index (κ2) is 11.2. The molecule has 2 aromatic rings. The molecule has 0 aromatic heterocycles. The summed E-state index contributed by atoms with van der Waals surface area (Å²) < 4.78 is 89.4. The Labute approximate surface area is 189 Å². The van der Waals surface area contributed by atoms with Crippen molar-refractivity contribution in [1.29, 1.82) is 0 Å². The van der Waals surface area contributed by atoms with Crippen LogP contribution in [-0.2, 0) is 6.11 Å². The Morgan fingerprint density at radius 2 is 1.55 bits per heavy atom. The second-order valence-electron chi connectivity index (χ2n) is 8.55. The molecule has 0 atom stereocenters. The second-order valence-corrected chi connectivity index (χ2v) is 8.55. The van der Waals surface area contributed by atoms with Gasteiger partial charge >= 0.3 is 12.7 Å². The molecule has 182 valence electrons. The summed E-state index contributed by atoms with van der Waals surface area (Å²) >= 11 is 0. The number of alkyl halides is 4. The van der Waals surface area contributed by atoms with Gasteiger partial charge in [-0.05, 0) is 55.2 Å². The maximum Gasteiger partial charge on any atom is 0.426 e. The summed E-state index contributed by atoms with van der Waals surface area (Å²) in [6.45, 7) is -1.27. The minimum absolute atomic E-state index is 0.321. The fourth-order valence-electron chi connectivity index (χ4n) is 4.42. The van der Waals surface area contributed by atoms with Gasteiger partial charge < -0.3 is 9.47 Å². The average Bonchev–Trinajstić information content (AvgIpc) is 2.77. The van der Waals surface area contributed by atoms with E-state index < -0.39 is 41.4 Å². The van der Waals surface area contributed by atoms with Gasteiger partial charge in [-0.3, -0.25) is 0 Å². The maximum absolute atomic E-state index is 14.6. The van der Waals surface area contributed by atoms with E-state index >= 15 is 0 Å². The highest BCUT2D eigenvalue weighted by molar-refractivity contribution is 5.36. The van der Waals surface area contributed by atoms with Crippen LogP contribution in [0.25, 0.3) is 0 Å². The number of rotatable bonds is 10. The standard InChI is InChI=1S/C25H28F6O2/c1-2-3-4-5-16-6-8-17(9-7-16)18-10-12-19(13-11-18)25(30,31)33-20-14-21(26)23(22(27)15-20)32-24(28)29/h10-17,24H,2-9H2,1H3. The third-order valence-corrected chi connectivity index (χ3v) is 6.21. The van der Waals surface area contributed by atoms with Crippen molar-refractivity contribution in [3.05, 3.63) is 59.2 Å². The molecule has 33 heavy (non-hydrogen) atoms. The first-order valence-corrected chi connectivity index (χ1v) is 11.3. The van der Waals surface area contributed by atoms with Crippen molar-refractivity contribution in [3.63, 3.8) is 0 Å². The van der Waals surface area contributed by atoms with Crippen LogP contribution in [0.3, 0.4) is 0 Å². The van der Waals surface area contributed by atoms with Gasteiger partial charge in [-0.2, -0.15) is 17.6 Å². The van der Waals surface area contributed by atoms with Gasteiger partial charge in [-0.15, -0.1) is 0 Å². The van der Waals surface area contributed by atoms with Gasteiger partial charge in [0, 0.05) is 12.1 Å². The van der Waals surface area contributed by atoms with Gasteiger partial charge in [0.05, 0.1) is 5.56 Å². The Morgan fingerprint density at radius 3 is 2.09 bits per heavy atom. The van der Waals surface area contributed by atoms with Crippen molar-refractivity contribution in [1.82, 2.24) is 0 Å². The van der Waals surface area contributed by atoms with Gasteiger partial charge in [-0.1, -0.05) is 44.7 Å². The SMILES string of the molecule is CCCCCC1CCC(c2ccc(C(F)(F)Oc3cc(F)c(OC(F)F)c(F)c3)cc2)CC1. The smallest absolute Gasteiger partial charge is 0.426 e. The highest BCUT2D eigenvalue weighted by Crippen LogP contribution is 2.39. The minimum atomic E-state index is -3.88. The largest absolute Gasteiger partial charge is 0.429 e. The van der Waals surface area contributed by atoms with E-state index in [2.05, 4.69) is 16.4 Å². The number of hydrogen-bond donors (Lipinski definition) is 0. The molecule has 1 aliphatic rings. The summed E-state index contributed by atoms with van der Waals surface area (Å²) in [5, 5.41) is 0. The molecule has 0 bridgehead atoms. The van der Waals surface area contributed by atoms with Crippen LogP contribution in [0.4, 0.5) is 26.3 Å². The van der Waals surface area contributed by atoms with Crippen molar-refractivity contribution >= 4 is 0 Å². The summed E-state index contributed by atoms with van der Waals surface area (Å²) in [6.07, 6.45) is 5.41. The number of hydrogen-bond acceptors (Lipinski definition) is 2. The molecule has 2 aromatic carbocycles. The molecule has 2 nitrogen and oxygen atoms in total. The van der Waals surface area contributed by atoms with Gasteiger partial charge in [0.25, 0.3) is 0 Å². The average molecular weight is 474 g/mol. The molecule has 0 aliphatic heterocycles. The van der Waals surface area contributed by atoms with E-state index in [9.17, 15) is 26.3 Å². The number of halogens is 6. The molecule has 1 aliphatic carbocycles. The molecule has 0 spiro atoms. The summed E-state index contributed by atoms with van der Waals surface area (Å²) in [4.78, 5) is 0. The van der Waals surface area contributed by atoms with Gasteiger partial charge in [-0.25, -0.2) is 8.78 Å². The third kappa shape index (κ3) is 6.81.